The van der Waals surface area contributed by atoms with Crippen LogP contribution in [0.3, 0.4) is 0 Å². The van der Waals surface area contributed by atoms with Gasteiger partial charge in [-0.3, -0.25) is 18.9 Å². The molecule has 3 heterocycles. The number of likely N-dealkylation sites (tertiary alicyclic amines) is 1. The van der Waals surface area contributed by atoms with Gasteiger partial charge >= 0.3 is 5.97 Å². The number of pyridine rings is 1. The average Bonchev–Trinajstić information content (AvgIpc) is 2.86. The third-order valence-corrected chi connectivity index (χ3v) is 3.88. The van der Waals surface area contributed by atoms with Crippen molar-refractivity contribution in [1.29, 1.82) is 0 Å². The van der Waals surface area contributed by atoms with E-state index in [1.165, 1.54) is 10.5 Å². The molecule has 110 valence electrons. The van der Waals surface area contributed by atoms with Crippen LogP contribution in [-0.2, 0) is 11.3 Å². The van der Waals surface area contributed by atoms with Gasteiger partial charge in [0.1, 0.15) is 5.65 Å². The minimum absolute atomic E-state index is 0.107. The van der Waals surface area contributed by atoms with E-state index in [0.29, 0.717) is 30.9 Å². The van der Waals surface area contributed by atoms with Crippen LogP contribution in [0.15, 0.2) is 29.2 Å². The smallest absolute Gasteiger partial charge is 0.307 e. The molecule has 1 fully saturated rings. The molecular formula is C15H17N3O3. The molecule has 1 saturated heterocycles. The molecule has 0 aliphatic carbocycles. The van der Waals surface area contributed by atoms with E-state index in [1.807, 2.05) is 24.0 Å². The number of carboxylic acid groups (broad SMARTS) is 1. The van der Waals surface area contributed by atoms with Gasteiger partial charge < -0.3 is 5.11 Å². The summed E-state index contributed by atoms with van der Waals surface area (Å²) in [6, 6.07) is 5.26. The zero-order valence-electron chi connectivity index (χ0n) is 11.8. The van der Waals surface area contributed by atoms with E-state index in [9.17, 15) is 9.59 Å². The molecule has 3 rings (SSSR count). The molecule has 1 aliphatic heterocycles. The van der Waals surface area contributed by atoms with Crippen molar-refractivity contribution in [2.24, 2.45) is 5.92 Å². The number of aliphatic carboxylic acids is 1. The minimum Gasteiger partial charge on any atom is -0.481 e. The second-order valence-electron chi connectivity index (χ2n) is 5.58. The fourth-order valence-corrected chi connectivity index (χ4v) is 2.74. The highest BCUT2D eigenvalue weighted by atomic mass is 16.4. The minimum atomic E-state index is -0.750. The summed E-state index contributed by atoms with van der Waals surface area (Å²) < 4.78 is 1.51. The van der Waals surface area contributed by atoms with Crippen LogP contribution in [0.4, 0.5) is 0 Å². The van der Waals surface area contributed by atoms with E-state index >= 15 is 0 Å². The number of hydrogen-bond acceptors (Lipinski definition) is 4. The Labute approximate surface area is 121 Å². The van der Waals surface area contributed by atoms with Crippen LogP contribution in [0, 0.1) is 12.8 Å². The quantitative estimate of drug-likeness (QED) is 0.908. The Kier molecular flexibility index (Phi) is 3.47. The largest absolute Gasteiger partial charge is 0.481 e. The predicted molar refractivity (Wildman–Crippen MR) is 77.2 cm³/mol. The van der Waals surface area contributed by atoms with Crippen molar-refractivity contribution < 1.29 is 9.90 Å². The summed E-state index contributed by atoms with van der Waals surface area (Å²) in [5.41, 5.74) is 2.26. The Morgan fingerprint density at radius 3 is 3.00 bits per heavy atom. The molecule has 0 amide bonds. The fourth-order valence-electron chi connectivity index (χ4n) is 2.74. The first kappa shape index (κ1) is 13.8. The maximum atomic E-state index is 12.1. The van der Waals surface area contributed by atoms with E-state index in [0.717, 1.165) is 12.1 Å². The molecule has 1 N–H and O–H groups in total. The highest BCUT2D eigenvalue weighted by Crippen LogP contribution is 2.18. The maximum Gasteiger partial charge on any atom is 0.307 e. The number of carbonyl (C=O) groups is 1. The van der Waals surface area contributed by atoms with Crippen molar-refractivity contribution >= 4 is 11.6 Å². The average molecular weight is 287 g/mol. The Morgan fingerprint density at radius 1 is 1.48 bits per heavy atom. The van der Waals surface area contributed by atoms with Gasteiger partial charge in [0.2, 0.25) is 0 Å². The first-order chi connectivity index (χ1) is 10.0. The summed E-state index contributed by atoms with van der Waals surface area (Å²) >= 11 is 0. The highest BCUT2D eigenvalue weighted by molar-refractivity contribution is 5.70. The number of fused-ring (bicyclic) bond motifs is 1. The van der Waals surface area contributed by atoms with Gasteiger partial charge in [0, 0.05) is 25.4 Å². The lowest BCUT2D eigenvalue weighted by molar-refractivity contribution is -0.141. The van der Waals surface area contributed by atoms with Crippen molar-refractivity contribution in [3.63, 3.8) is 0 Å². The Balaban J connectivity index is 1.85. The number of aryl methyl sites for hydroxylation is 1. The summed E-state index contributed by atoms with van der Waals surface area (Å²) in [7, 11) is 0. The molecule has 0 bridgehead atoms. The fraction of sp³-hybridized carbons (Fsp3) is 0.400. The number of nitrogens with zero attached hydrogens (tertiary/aromatic N) is 3. The number of aromatic nitrogens is 2. The van der Waals surface area contributed by atoms with Crippen LogP contribution in [0.5, 0.6) is 0 Å². The molecule has 1 aliphatic rings. The van der Waals surface area contributed by atoms with Crippen molar-refractivity contribution in [2.75, 3.05) is 13.1 Å². The highest BCUT2D eigenvalue weighted by Gasteiger charge is 2.28. The molecule has 6 nitrogen and oxygen atoms in total. The van der Waals surface area contributed by atoms with E-state index in [1.54, 1.807) is 6.20 Å². The summed E-state index contributed by atoms with van der Waals surface area (Å²) in [5.74, 6) is -1.06. The number of rotatable bonds is 3. The lowest BCUT2D eigenvalue weighted by Crippen LogP contribution is -2.25. The summed E-state index contributed by atoms with van der Waals surface area (Å²) in [6.45, 7) is 3.72. The van der Waals surface area contributed by atoms with Gasteiger partial charge in [-0.25, -0.2) is 4.98 Å². The topological polar surface area (TPSA) is 74.9 Å². The summed E-state index contributed by atoms with van der Waals surface area (Å²) in [6.07, 6.45) is 2.38. The molecule has 0 radical (unpaired) electrons. The zero-order valence-corrected chi connectivity index (χ0v) is 11.8. The maximum absolute atomic E-state index is 12.1. The van der Waals surface area contributed by atoms with Crippen LogP contribution < -0.4 is 5.56 Å². The van der Waals surface area contributed by atoms with Gasteiger partial charge in [-0.05, 0) is 37.6 Å². The molecule has 1 atom stereocenters. The van der Waals surface area contributed by atoms with Gasteiger partial charge in [0.25, 0.3) is 5.56 Å². The molecule has 2 aromatic rings. The molecule has 1 unspecified atom stereocenters. The van der Waals surface area contributed by atoms with Crippen LogP contribution >= 0.6 is 0 Å². The normalized spacial score (nSPS) is 19.2. The zero-order chi connectivity index (χ0) is 15.0. The number of carboxylic acids is 1. The van der Waals surface area contributed by atoms with Crippen molar-refractivity contribution in [2.45, 2.75) is 19.9 Å². The van der Waals surface area contributed by atoms with Crippen LogP contribution in [0.1, 0.15) is 17.7 Å². The SMILES string of the molecule is Cc1ccn2c(=O)cc(CN3CCC(C(=O)O)C3)nc2c1. The molecule has 0 spiro atoms. The van der Waals surface area contributed by atoms with Gasteiger partial charge in [-0.2, -0.15) is 0 Å². The Bertz CT molecular complexity index is 753. The monoisotopic (exact) mass is 287 g/mol. The molecule has 2 aromatic heterocycles. The molecule has 21 heavy (non-hydrogen) atoms. The Hall–Kier alpha value is -2.21. The van der Waals surface area contributed by atoms with Crippen LogP contribution in [-0.4, -0.2) is 38.4 Å². The summed E-state index contributed by atoms with van der Waals surface area (Å²) in [4.78, 5) is 29.6. The third-order valence-electron chi connectivity index (χ3n) is 3.88. The molecular weight excluding hydrogens is 270 g/mol. The standard InChI is InChI=1S/C15H17N3O3/c1-10-2-5-18-13(6-10)16-12(7-14(18)19)9-17-4-3-11(8-17)15(20)21/h2,5-7,11H,3-4,8-9H2,1H3,(H,20,21). The van der Waals surface area contributed by atoms with Crippen LogP contribution in [0.25, 0.3) is 5.65 Å². The van der Waals surface area contributed by atoms with Gasteiger partial charge in [-0.15, -0.1) is 0 Å². The lowest BCUT2D eigenvalue weighted by Gasteiger charge is -2.14. The number of hydrogen-bond donors (Lipinski definition) is 1. The van der Waals surface area contributed by atoms with Crippen molar-refractivity contribution in [3.05, 3.63) is 46.0 Å². The molecule has 6 heteroatoms. The van der Waals surface area contributed by atoms with Gasteiger partial charge in [0.15, 0.2) is 0 Å². The van der Waals surface area contributed by atoms with E-state index < -0.39 is 5.97 Å². The van der Waals surface area contributed by atoms with Crippen LogP contribution in [0.2, 0.25) is 0 Å². The third kappa shape index (κ3) is 2.80. The van der Waals surface area contributed by atoms with Gasteiger partial charge in [-0.1, -0.05) is 0 Å². The first-order valence-corrected chi connectivity index (χ1v) is 6.97. The first-order valence-electron chi connectivity index (χ1n) is 6.97. The molecule has 0 saturated carbocycles. The lowest BCUT2D eigenvalue weighted by atomic mass is 10.1. The van der Waals surface area contributed by atoms with Crippen molar-refractivity contribution in [1.82, 2.24) is 14.3 Å². The second-order valence-corrected chi connectivity index (χ2v) is 5.58. The Morgan fingerprint density at radius 2 is 2.29 bits per heavy atom. The van der Waals surface area contributed by atoms with E-state index in [2.05, 4.69) is 4.98 Å². The summed E-state index contributed by atoms with van der Waals surface area (Å²) in [5, 5.41) is 9.02. The van der Waals surface area contributed by atoms with Gasteiger partial charge in [0.05, 0.1) is 11.6 Å². The van der Waals surface area contributed by atoms with Crippen molar-refractivity contribution in [3.8, 4) is 0 Å². The molecule has 0 aromatic carbocycles. The predicted octanol–water partition coefficient (Wildman–Crippen LogP) is 0.909. The van der Waals surface area contributed by atoms with E-state index in [-0.39, 0.29) is 11.5 Å². The second kappa shape index (κ2) is 5.29. The van der Waals surface area contributed by atoms with E-state index in [4.69, 9.17) is 5.11 Å².